The Bertz CT molecular complexity index is 576. The Morgan fingerprint density at radius 3 is 2.91 bits per heavy atom. The zero-order valence-electron chi connectivity index (χ0n) is 12.3. The van der Waals surface area contributed by atoms with Crippen LogP contribution in [0.1, 0.15) is 25.1 Å². The molecule has 1 amide bonds. The van der Waals surface area contributed by atoms with Gasteiger partial charge in [-0.15, -0.1) is 33.9 Å². The number of nitrogens with one attached hydrogen (secondary N) is 1. The zero-order valence-corrected chi connectivity index (χ0v) is 15.6. The van der Waals surface area contributed by atoms with E-state index in [9.17, 15) is 4.79 Å². The fraction of sp³-hybridized carbons (Fsp3) is 0.462. The summed E-state index contributed by atoms with van der Waals surface area (Å²) in [4.78, 5) is 13.3. The molecular formula is C13H19ClN4OS3. The maximum atomic E-state index is 12.0. The normalized spacial score (nSPS) is 13.2. The summed E-state index contributed by atoms with van der Waals surface area (Å²) in [5, 5.41) is 13.4. The molecule has 0 aliphatic carbocycles. The van der Waals surface area contributed by atoms with Crippen molar-refractivity contribution in [3.05, 3.63) is 22.4 Å². The van der Waals surface area contributed by atoms with Crippen molar-refractivity contribution in [2.75, 3.05) is 5.32 Å². The van der Waals surface area contributed by atoms with Crippen molar-refractivity contribution < 1.29 is 4.79 Å². The highest BCUT2D eigenvalue weighted by Crippen LogP contribution is 2.29. The fourth-order valence-electron chi connectivity index (χ4n) is 1.55. The largest absolute Gasteiger partial charge is 0.320 e. The number of rotatable bonds is 7. The van der Waals surface area contributed by atoms with Gasteiger partial charge in [-0.1, -0.05) is 49.4 Å². The van der Waals surface area contributed by atoms with E-state index in [1.165, 1.54) is 16.2 Å². The van der Waals surface area contributed by atoms with Crippen molar-refractivity contribution in [1.82, 2.24) is 10.2 Å². The molecule has 2 atom stereocenters. The second kappa shape index (κ2) is 9.46. The molecule has 2 aromatic heterocycles. The van der Waals surface area contributed by atoms with Crippen molar-refractivity contribution in [3.63, 3.8) is 0 Å². The number of hydrogen-bond donors (Lipinski definition) is 2. The minimum Gasteiger partial charge on any atom is -0.320 e. The molecule has 2 rings (SSSR count). The molecule has 0 radical (unpaired) electrons. The summed E-state index contributed by atoms with van der Waals surface area (Å²) in [5.74, 6) is 0.813. The summed E-state index contributed by atoms with van der Waals surface area (Å²) in [6, 6.07) is 3.61. The molecule has 5 nitrogen and oxygen atoms in total. The topological polar surface area (TPSA) is 80.9 Å². The Hall–Kier alpha value is -0.670. The van der Waals surface area contributed by atoms with E-state index in [0.717, 1.165) is 16.5 Å². The third-order valence-electron chi connectivity index (χ3n) is 3.11. The number of thioether (sulfide) groups is 1. The molecule has 2 heterocycles. The lowest BCUT2D eigenvalue weighted by Crippen LogP contribution is -2.40. The van der Waals surface area contributed by atoms with E-state index in [-0.39, 0.29) is 24.2 Å². The number of hydrogen-bond acceptors (Lipinski definition) is 7. The van der Waals surface area contributed by atoms with Gasteiger partial charge in [0.2, 0.25) is 11.0 Å². The van der Waals surface area contributed by atoms with Crippen LogP contribution in [0, 0.1) is 5.92 Å². The first kappa shape index (κ1) is 19.4. The van der Waals surface area contributed by atoms with E-state index in [2.05, 4.69) is 27.0 Å². The van der Waals surface area contributed by atoms with E-state index >= 15 is 0 Å². The van der Waals surface area contributed by atoms with Gasteiger partial charge in [0.1, 0.15) is 0 Å². The van der Waals surface area contributed by atoms with Gasteiger partial charge in [0.05, 0.1) is 6.04 Å². The van der Waals surface area contributed by atoms with Crippen LogP contribution in [0.15, 0.2) is 21.9 Å². The van der Waals surface area contributed by atoms with Crippen molar-refractivity contribution in [3.8, 4) is 0 Å². The number of nitrogens with zero attached hydrogens (tertiary/aromatic N) is 2. The average molecular weight is 379 g/mol. The highest BCUT2D eigenvalue weighted by Gasteiger charge is 2.20. The van der Waals surface area contributed by atoms with E-state index in [1.807, 2.05) is 19.9 Å². The molecule has 3 N–H and O–H groups in total. The molecule has 0 saturated carbocycles. The molecule has 122 valence electrons. The Morgan fingerprint density at radius 1 is 1.50 bits per heavy atom. The Balaban J connectivity index is 0.00000242. The summed E-state index contributed by atoms with van der Waals surface area (Å²) < 4.78 is 0.843. The summed E-state index contributed by atoms with van der Waals surface area (Å²) in [6.45, 7) is 3.98. The third-order valence-corrected chi connectivity index (χ3v) is 6.19. The quantitative estimate of drug-likeness (QED) is 0.568. The van der Waals surface area contributed by atoms with Gasteiger partial charge in [0, 0.05) is 10.6 Å². The summed E-state index contributed by atoms with van der Waals surface area (Å²) in [6.07, 6.45) is 0.868. The lowest BCUT2D eigenvalue weighted by Gasteiger charge is -2.16. The maximum absolute atomic E-state index is 12.0. The van der Waals surface area contributed by atoms with Gasteiger partial charge >= 0.3 is 0 Å². The number of aromatic nitrogens is 2. The fourth-order valence-corrected chi connectivity index (χ4v) is 4.08. The van der Waals surface area contributed by atoms with E-state index in [4.69, 9.17) is 5.73 Å². The van der Waals surface area contributed by atoms with Gasteiger partial charge in [-0.3, -0.25) is 10.1 Å². The minimum atomic E-state index is -0.513. The molecule has 0 aromatic carbocycles. The summed E-state index contributed by atoms with van der Waals surface area (Å²) in [7, 11) is 0. The molecule has 0 fully saturated rings. The van der Waals surface area contributed by atoms with Gasteiger partial charge in [0.25, 0.3) is 0 Å². The maximum Gasteiger partial charge on any atom is 0.243 e. The minimum absolute atomic E-state index is 0. The van der Waals surface area contributed by atoms with Crippen LogP contribution >= 0.6 is 46.8 Å². The van der Waals surface area contributed by atoms with E-state index in [1.54, 1.807) is 23.1 Å². The van der Waals surface area contributed by atoms with Crippen molar-refractivity contribution in [2.45, 2.75) is 36.4 Å². The Labute approximate surface area is 148 Å². The molecule has 0 spiro atoms. The number of anilines is 1. The van der Waals surface area contributed by atoms with Crippen LogP contribution in [-0.4, -0.2) is 22.1 Å². The standard InChI is InChI=1S/C13H18N4OS3.ClH/c1-3-8(2)10(14)11(18)15-12-16-17-13(21-12)20-7-9-5-4-6-19-9;/h4-6,8,10H,3,7,14H2,1-2H3,(H,15,16,18);1H. The molecule has 0 bridgehead atoms. The highest BCUT2D eigenvalue weighted by molar-refractivity contribution is 8.00. The van der Waals surface area contributed by atoms with Crippen LogP contribution in [0.4, 0.5) is 5.13 Å². The number of carbonyl (C=O) groups is 1. The lowest BCUT2D eigenvalue weighted by molar-refractivity contribution is -0.118. The summed E-state index contributed by atoms with van der Waals surface area (Å²) in [5.41, 5.74) is 5.89. The van der Waals surface area contributed by atoms with Crippen LogP contribution in [0.2, 0.25) is 0 Å². The van der Waals surface area contributed by atoms with Crippen LogP contribution in [-0.2, 0) is 10.5 Å². The first-order chi connectivity index (χ1) is 10.1. The second-order valence-electron chi connectivity index (χ2n) is 4.64. The predicted octanol–water partition coefficient (Wildman–Crippen LogP) is 3.63. The molecule has 0 saturated heterocycles. The number of amides is 1. The van der Waals surface area contributed by atoms with Gasteiger partial charge in [-0.25, -0.2) is 0 Å². The van der Waals surface area contributed by atoms with Gasteiger partial charge in [-0.05, 0) is 17.4 Å². The predicted molar refractivity (Wildman–Crippen MR) is 97.1 cm³/mol. The first-order valence-corrected chi connectivity index (χ1v) is 9.33. The Morgan fingerprint density at radius 2 is 2.27 bits per heavy atom. The van der Waals surface area contributed by atoms with Gasteiger partial charge in [-0.2, -0.15) is 0 Å². The van der Waals surface area contributed by atoms with Crippen molar-refractivity contribution >= 4 is 57.9 Å². The third kappa shape index (κ3) is 5.51. The monoisotopic (exact) mass is 378 g/mol. The van der Waals surface area contributed by atoms with Crippen LogP contribution in [0.5, 0.6) is 0 Å². The smallest absolute Gasteiger partial charge is 0.243 e. The molecule has 0 aliphatic heterocycles. The zero-order chi connectivity index (χ0) is 15.2. The van der Waals surface area contributed by atoms with Crippen LogP contribution in [0.3, 0.4) is 0 Å². The number of carbonyl (C=O) groups excluding carboxylic acids is 1. The SMILES string of the molecule is CCC(C)C(N)C(=O)Nc1nnc(SCc2cccs2)s1.Cl. The molecule has 2 unspecified atom stereocenters. The first-order valence-electron chi connectivity index (χ1n) is 6.65. The highest BCUT2D eigenvalue weighted by atomic mass is 35.5. The Kier molecular flexibility index (Phi) is 8.34. The van der Waals surface area contributed by atoms with Gasteiger partial charge in [0.15, 0.2) is 4.34 Å². The molecular weight excluding hydrogens is 360 g/mol. The van der Waals surface area contributed by atoms with Crippen molar-refractivity contribution in [1.29, 1.82) is 0 Å². The number of halogens is 1. The molecule has 2 aromatic rings. The number of thiophene rings is 1. The van der Waals surface area contributed by atoms with Gasteiger partial charge < -0.3 is 5.73 Å². The number of nitrogens with two attached hydrogens (primary N) is 1. The second-order valence-corrected chi connectivity index (χ2v) is 7.87. The van der Waals surface area contributed by atoms with Crippen molar-refractivity contribution in [2.24, 2.45) is 11.7 Å². The van der Waals surface area contributed by atoms with E-state index in [0.29, 0.717) is 5.13 Å². The lowest BCUT2D eigenvalue weighted by atomic mass is 10.00. The van der Waals surface area contributed by atoms with E-state index < -0.39 is 6.04 Å². The average Bonchev–Trinajstić information content (AvgIpc) is 3.14. The van der Waals surface area contributed by atoms with Crippen LogP contribution < -0.4 is 11.1 Å². The summed E-state index contributed by atoms with van der Waals surface area (Å²) >= 11 is 4.71. The molecule has 22 heavy (non-hydrogen) atoms. The molecule has 9 heteroatoms. The van der Waals surface area contributed by atoms with Crippen LogP contribution in [0.25, 0.3) is 0 Å². The molecule has 0 aliphatic rings.